The third-order valence-corrected chi connectivity index (χ3v) is 7.76. The third-order valence-electron chi connectivity index (χ3n) is 6.38. The normalized spacial score (nSPS) is 26.1. The number of imidazole rings is 1. The van der Waals surface area contributed by atoms with Crippen molar-refractivity contribution in [1.82, 2.24) is 15.0 Å². The molecule has 2 atom stereocenters. The summed E-state index contributed by atoms with van der Waals surface area (Å²) in [6.07, 6.45) is 8.92. The zero-order chi connectivity index (χ0) is 20.4. The summed E-state index contributed by atoms with van der Waals surface area (Å²) < 4.78 is 0. The number of aliphatic imine (C=N–C) groups is 2. The van der Waals surface area contributed by atoms with Crippen LogP contribution in [0.3, 0.4) is 0 Å². The Morgan fingerprint density at radius 2 is 2.17 bits per heavy atom. The van der Waals surface area contributed by atoms with Crippen molar-refractivity contribution in [3.05, 3.63) is 34.9 Å². The molecule has 0 aromatic carbocycles. The number of aromatic amines is 1. The molecule has 0 saturated carbocycles. The van der Waals surface area contributed by atoms with E-state index in [1.165, 1.54) is 16.7 Å². The van der Waals surface area contributed by atoms with E-state index in [1.54, 1.807) is 24.4 Å². The van der Waals surface area contributed by atoms with Gasteiger partial charge in [0.15, 0.2) is 0 Å². The molecule has 0 saturated heterocycles. The number of aromatic nitrogens is 3. The molecule has 0 bridgehead atoms. The zero-order valence-corrected chi connectivity index (χ0v) is 18.2. The van der Waals surface area contributed by atoms with Crippen LogP contribution in [0.5, 0.6) is 0 Å². The first kappa shape index (κ1) is 18.8. The van der Waals surface area contributed by atoms with Gasteiger partial charge in [-0.2, -0.15) is 0 Å². The van der Waals surface area contributed by atoms with Crippen LogP contribution in [-0.4, -0.2) is 52.0 Å². The van der Waals surface area contributed by atoms with Crippen molar-refractivity contribution in [3.8, 4) is 0 Å². The number of nitrogens with zero attached hydrogens (tertiary/aromatic N) is 5. The van der Waals surface area contributed by atoms with E-state index in [0.717, 1.165) is 47.9 Å². The lowest BCUT2D eigenvalue weighted by atomic mass is 9.81. The first-order valence-corrected chi connectivity index (χ1v) is 11.0. The van der Waals surface area contributed by atoms with Gasteiger partial charge < -0.3 is 15.6 Å². The van der Waals surface area contributed by atoms with Gasteiger partial charge in [-0.25, -0.2) is 20.0 Å². The van der Waals surface area contributed by atoms with Crippen LogP contribution in [0, 0.1) is 0 Å². The molecule has 0 radical (unpaired) electrons. The summed E-state index contributed by atoms with van der Waals surface area (Å²) in [5.41, 5.74) is 12.4. The van der Waals surface area contributed by atoms with Gasteiger partial charge in [0.2, 0.25) is 0 Å². The minimum atomic E-state index is -0.707. The highest BCUT2D eigenvalue weighted by Crippen LogP contribution is 2.52. The van der Waals surface area contributed by atoms with Crippen LogP contribution in [0.2, 0.25) is 0 Å². The number of aryl methyl sites for hydroxylation is 1. The second-order valence-electron chi connectivity index (χ2n) is 9.07. The van der Waals surface area contributed by atoms with Crippen molar-refractivity contribution >= 4 is 29.6 Å². The van der Waals surface area contributed by atoms with Gasteiger partial charge >= 0.3 is 0 Å². The molecule has 8 heteroatoms. The predicted molar refractivity (Wildman–Crippen MR) is 118 cm³/mol. The lowest BCUT2D eigenvalue weighted by Crippen LogP contribution is -2.52. The van der Waals surface area contributed by atoms with Gasteiger partial charge in [-0.05, 0) is 42.2 Å². The number of anilines is 1. The molecule has 7 nitrogen and oxygen atoms in total. The molecule has 3 N–H and O–H groups in total. The minimum absolute atomic E-state index is 0.0177. The highest BCUT2D eigenvalue weighted by Gasteiger charge is 2.49. The highest BCUT2D eigenvalue weighted by atomic mass is 32.2. The molecular formula is C21H27N7S. The van der Waals surface area contributed by atoms with Crippen molar-refractivity contribution in [3.63, 3.8) is 0 Å². The molecule has 3 aliphatic rings. The van der Waals surface area contributed by atoms with Crippen LogP contribution < -0.4 is 10.6 Å². The van der Waals surface area contributed by atoms with Gasteiger partial charge in [-0.3, -0.25) is 0 Å². The Balaban J connectivity index is 1.58. The Hall–Kier alpha value is -2.19. The number of nitrogens with one attached hydrogen (secondary N) is 1. The van der Waals surface area contributed by atoms with Crippen molar-refractivity contribution in [2.45, 2.75) is 60.9 Å². The number of H-pyrrole nitrogens is 1. The molecule has 2 aliphatic heterocycles. The van der Waals surface area contributed by atoms with Gasteiger partial charge in [0.05, 0.1) is 17.3 Å². The van der Waals surface area contributed by atoms with Crippen LogP contribution in [0.1, 0.15) is 49.1 Å². The van der Waals surface area contributed by atoms with E-state index in [1.807, 2.05) is 6.20 Å². The summed E-state index contributed by atoms with van der Waals surface area (Å²) in [5.74, 6) is 1.08. The number of hydrogen-bond acceptors (Lipinski definition) is 7. The molecule has 2 aromatic heterocycles. The van der Waals surface area contributed by atoms with Crippen molar-refractivity contribution in [2.24, 2.45) is 15.7 Å². The Morgan fingerprint density at radius 3 is 2.90 bits per heavy atom. The number of fused-ring (bicyclic) bond motifs is 5. The Labute approximate surface area is 175 Å². The summed E-state index contributed by atoms with van der Waals surface area (Å²) in [7, 11) is 4.15. The van der Waals surface area contributed by atoms with E-state index in [9.17, 15) is 0 Å². The van der Waals surface area contributed by atoms with Crippen LogP contribution >= 0.6 is 11.8 Å². The molecule has 0 spiro atoms. The number of nitrogens with two attached hydrogens (primary N) is 1. The summed E-state index contributed by atoms with van der Waals surface area (Å²) in [6.45, 7) is 4.67. The van der Waals surface area contributed by atoms with E-state index in [0.29, 0.717) is 0 Å². The molecule has 2 aromatic rings. The molecular weight excluding hydrogens is 382 g/mol. The van der Waals surface area contributed by atoms with E-state index in [2.05, 4.69) is 47.8 Å². The number of thioether (sulfide) groups is 1. The third kappa shape index (κ3) is 2.84. The first-order valence-electron chi connectivity index (χ1n) is 10.1. The summed E-state index contributed by atoms with van der Waals surface area (Å²) >= 11 is 1.73. The van der Waals surface area contributed by atoms with E-state index < -0.39 is 5.66 Å². The maximum Gasteiger partial charge on any atom is 0.132 e. The maximum absolute atomic E-state index is 6.88. The zero-order valence-electron chi connectivity index (χ0n) is 17.4. The Kier molecular flexibility index (Phi) is 4.15. The smallest absolute Gasteiger partial charge is 0.132 e. The fourth-order valence-electron chi connectivity index (χ4n) is 4.82. The Morgan fingerprint density at radius 1 is 1.34 bits per heavy atom. The average Bonchev–Trinajstić information content (AvgIpc) is 3.38. The number of rotatable bonds is 4. The SMILES string of the molecule is CN(C)c1nc2c(c3c1CCC3(C)C)C1=NC=NC(N)(CCc3cnc[nH]3)C1S2. The molecule has 2 unspecified atom stereocenters. The van der Waals surface area contributed by atoms with E-state index >= 15 is 0 Å². The molecule has 0 fully saturated rings. The highest BCUT2D eigenvalue weighted by molar-refractivity contribution is 8.01. The fourth-order valence-corrected chi connectivity index (χ4v) is 6.18. The second kappa shape index (κ2) is 6.40. The molecule has 0 amide bonds. The van der Waals surface area contributed by atoms with Crippen molar-refractivity contribution in [1.29, 1.82) is 0 Å². The van der Waals surface area contributed by atoms with Crippen LogP contribution in [0.15, 0.2) is 27.5 Å². The van der Waals surface area contributed by atoms with Gasteiger partial charge in [0.1, 0.15) is 22.8 Å². The lowest BCUT2D eigenvalue weighted by molar-refractivity contribution is 0.433. The molecule has 29 heavy (non-hydrogen) atoms. The van der Waals surface area contributed by atoms with Gasteiger partial charge in [-0.1, -0.05) is 25.6 Å². The molecule has 1 aliphatic carbocycles. The predicted octanol–water partition coefficient (Wildman–Crippen LogP) is 2.69. The fraction of sp³-hybridized carbons (Fsp3) is 0.524. The van der Waals surface area contributed by atoms with E-state index in [4.69, 9.17) is 15.7 Å². The quantitative estimate of drug-likeness (QED) is 0.809. The molecule has 4 heterocycles. The average molecular weight is 410 g/mol. The van der Waals surface area contributed by atoms with Gasteiger partial charge in [0.25, 0.3) is 0 Å². The van der Waals surface area contributed by atoms with Crippen molar-refractivity contribution < 1.29 is 0 Å². The molecule has 5 rings (SSSR count). The standard InChI is InChI=1S/C21H27N7S/c1-20(2)7-6-13-15(20)14-16-17(29-19(14)27-18(13)28(3)4)21(22,26-11-25-16)8-5-12-9-23-10-24-12/h9-11,17H,5-8,22H2,1-4H3,(H,23,24). The Bertz CT molecular complexity index is 1020. The topological polar surface area (TPSA) is 95.6 Å². The second-order valence-corrected chi connectivity index (χ2v) is 10.2. The summed E-state index contributed by atoms with van der Waals surface area (Å²) in [6, 6.07) is 0. The number of hydrogen-bond donors (Lipinski definition) is 2. The number of pyridine rings is 1. The van der Waals surface area contributed by atoms with Gasteiger partial charge in [0, 0.05) is 31.5 Å². The van der Waals surface area contributed by atoms with E-state index in [-0.39, 0.29) is 10.7 Å². The first-order chi connectivity index (χ1) is 13.8. The molecule has 152 valence electrons. The largest absolute Gasteiger partial charge is 0.362 e. The summed E-state index contributed by atoms with van der Waals surface area (Å²) in [5, 5.41) is 1.03. The van der Waals surface area contributed by atoms with Crippen LogP contribution in [0.4, 0.5) is 5.82 Å². The summed E-state index contributed by atoms with van der Waals surface area (Å²) in [4.78, 5) is 23.9. The van der Waals surface area contributed by atoms with Gasteiger partial charge in [-0.15, -0.1) is 0 Å². The van der Waals surface area contributed by atoms with Crippen LogP contribution in [0.25, 0.3) is 0 Å². The van der Waals surface area contributed by atoms with Crippen LogP contribution in [-0.2, 0) is 18.3 Å². The lowest BCUT2D eigenvalue weighted by Gasteiger charge is -2.33. The minimum Gasteiger partial charge on any atom is -0.362 e. The van der Waals surface area contributed by atoms with Crippen molar-refractivity contribution in [2.75, 3.05) is 19.0 Å². The monoisotopic (exact) mass is 409 g/mol. The maximum atomic E-state index is 6.88.